The Morgan fingerprint density at radius 3 is 2.40 bits per heavy atom. The molecule has 4 heterocycles. The minimum Gasteiger partial charge on any atom is -0.486 e. The molecule has 3 aromatic rings. The maximum Gasteiger partial charge on any atom is 0.312 e. The number of fused-ring (bicyclic) bond motifs is 5. The SMILES string of the molecule is O=C1CC(c2ccc3c(c2)OCO3)c2c(ccc3c2OC(=Cc2ccc4c(c2)OCCO4)C3=O)O1. The molecular weight excluding hydrogens is 452 g/mol. The van der Waals surface area contributed by atoms with E-state index in [4.69, 9.17) is 28.4 Å². The molecule has 1 atom stereocenters. The summed E-state index contributed by atoms with van der Waals surface area (Å²) in [5.74, 6) is 2.60. The molecule has 0 bridgehead atoms. The first kappa shape index (κ1) is 20.0. The van der Waals surface area contributed by atoms with E-state index in [0.717, 1.165) is 11.1 Å². The molecule has 0 amide bonds. The zero-order chi connectivity index (χ0) is 23.5. The normalized spacial score (nSPS) is 20.2. The van der Waals surface area contributed by atoms with E-state index in [0.29, 0.717) is 58.8 Å². The van der Waals surface area contributed by atoms with Crippen LogP contribution in [0.1, 0.15) is 39.4 Å². The number of carbonyl (C=O) groups is 2. The van der Waals surface area contributed by atoms with Crippen molar-refractivity contribution in [2.24, 2.45) is 0 Å². The molecule has 4 aliphatic rings. The molecule has 0 aliphatic carbocycles. The van der Waals surface area contributed by atoms with Gasteiger partial charge in [0.1, 0.15) is 24.7 Å². The van der Waals surface area contributed by atoms with E-state index in [1.54, 1.807) is 18.2 Å². The largest absolute Gasteiger partial charge is 0.486 e. The number of allylic oxidation sites excluding steroid dienone is 1. The van der Waals surface area contributed by atoms with Gasteiger partial charge in [0.15, 0.2) is 28.8 Å². The fraction of sp³-hybridized carbons (Fsp3) is 0.185. The molecule has 3 aromatic carbocycles. The van der Waals surface area contributed by atoms with E-state index in [-0.39, 0.29) is 36.6 Å². The van der Waals surface area contributed by atoms with Crippen molar-refractivity contribution in [3.05, 3.63) is 76.5 Å². The fourth-order valence-electron chi connectivity index (χ4n) is 4.82. The van der Waals surface area contributed by atoms with E-state index >= 15 is 0 Å². The van der Waals surface area contributed by atoms with Crippen LogP contribution >= 0.6 is 0 Å². The van der Waals surface area contributed by atoms with Gasteiger partial charge in [-0.25, -0.2) is 0 Å². The van der Waals surface area contributed by atoms with Gasteiger partial charge in [0.2, 0.25) is 12.6 Å². The summed E-state index contributed by atoms with van der Waals surface area (Å²) in [6.07, 6.45) is 1.79. The first-order valence-electron chi connectivity index (χ1n) is 11.2. The van der Waals surface area contributed by atoms with Gasteiger partial charge in [-0.3, -0.25) is 9.59 Å². The zero-order valence-corrected chi connectivity index (χ0v) is 18.4. The van der Waals surface area contributed by atoms with Crippen LogP contribution in [0.2, 0.25) is 0 Å². The highest BCUT2D eigenvalue weighted by molar-refractivity contribution is 6.15. The number of ether oxygens (including phenoxy) is 6. The maximum atomic E-state index is 13.2. The first-order valence-corrected chi connectivity index (χ1v) is 11.2. The van der Waals surface area contributed by atoms with E-state index in [9.17, 15) is 9.59 Å². The van der Waals surface area contributed by atoms with Crippen molar-refractivity contribution < 1.29 is 38.0 Å². The molecule has 0 fully saturated rings. The number of Topliss-reactive ketones (excluding diaryl/α,β-unsaturated/α-hetero) is 1. The van der Waals surface area contributed by atoms with Crippen LogP contribution in [0.3, 0.4) is 0 Å². The molecule has 0 radical (unpaired) electrons. The topological polar surface area (TPSA) is 89.5 Å². The Morgan fingerprint density at radius 1 is 0.743 bits per heavy atom. The lowest BCUT2D eigenvalue weighted by atomic mass is 9.84. The Hall–Kier alpha value is -4.46. The van der Waals surface area contributed by atoms with E-state index in [1.165, 1.54) is 0 Å². The number of hydrogen-bond donors (Lipinski definition) is 0. The summed E-state index contributed by atoms with van der Waals surface area (Å²) in [5, 5.41) is 0. The highest BCUT2D eigenvalue weighted by atomic mass is 16.7. The van der Waals surface area contributed by atoms with Gasteiger partial charge < -0.3 is 28.4 Å². The molecule has 0 aromatic heterocycles. The monoisotopic (exact) mass is 470 g/mol. The third-order valence-electron chi connectivity index (χ3n) is 6.44. The Kier molecular flexibility index (Phi) is 4.29. The summed E-state index contributed by atoms with van der Waals surface area (Å²) in [7, 11) is 0. The third-order valence-corrected chi connectivity index (χ3v) is 6.44. The van der Waals surface area contributed by atoms with Gasteiger partial charge in [-0.05, 0) is 53.6 Å². The molecule has 35 heavy (non-hydrogen) atoms. The van der Waals surface area contributed by atoms with Crippen molar-refractivity contribution in [3.8, 4) is 34.5 Å². The van der Waals surface area contributed by atoms with Crippen LogP contribution in [0.5, 0.6) is 34.5 Å². The van der Waals surface area contributed by atoms with Crippen molar-refractivity contribution in [3.63, 3.8) is 0 Å². The molecule has 0 spiro atoms. The van der Waals surface area contributed by atoms with Gasteiger partial charge >= 0.3 is 5.97 Å². The van der Waals surface area contributed by atoms with Crippen LogP contribution in [0.4, 0.5) is 0 Å². The zero-order valence-electron chi connectivity index (χ0n) is 18.4. The van der Waals surface area contributed by atoms with E-state index in [1.807, 2.05) is 36.4 Å². The first-order chi connectivity index (χ1) is 17.1. The lowest BCUT2D eigenvalue weighted by molar-refractivity contribution is -0.135. The Balaban J connectivity index is 1.29. The number of carbonyl (C=O) groups excluding carboxylic acids is 2. The van der Waals surface area contributed by atoms with Gasteiger partial charge in [0, 0.05) is 11.5 Å². The second-order valence-corrected chi connectivity index (χ2v) is 8.54. The van der Waals surface area contributed by atoms with Crippen molar-refractivity contribution >= 4 is 17.8 Å². The average Bonchev–Trinajstić information content (AvgIpc) is 3.47. The molecule has 0 saturated heterocycles. The molecule has 7 rings (SSSR count). The maximum absolute atomic E-state index is 13.2. The average molecular weight is 470 g/mol. The van der Waals surface area contributed by atoms with Crippen LogP contribution in [0.15, 0.2) is 54.3 Å². The van der Waals surface area contributed by atoms with Crippen molar-refractivity contribution in [1.29, 1.82) is 0 Å². The minimum atomic E-state index is -0.364. The molecule has 8 nitrogen and oxygen atoms in total. The molecule has 8 heteroatoms. The van der Waals surface area contributed by atoms with Crippen LogP contribution < -0.4 is 28.4 Å². The summed E-state index contributed by atoms with van der Waals surface area (Å²) >= 11 is 0. The Labute approximate surface area is 199 Å². The number of rotatable bonds is 2. The van der Waals surface area contributed by atoms with Gasteiger partial charge in [0.05, 0.1) is 12.0 Å². The van der Waals surface area contributed by atoms with Crippen LogP contribution in [0.25, 0.3) is 6.08 Å². The van der Waals surface area contributed by atoms with Crippen molar-refractivity contribution in [2.45, 2.75) is 12.3 Å². The summed E-state index contributed by atoms with van der Waals surface area (Å²) < 4.78 is 33.8. The molecule has 174 valence electrons. The van der Waals surface area contributed by atoms with Crippen molar-refractivity contribution in [1.82, 2.24) is 0 Å². The number of esters is 1. The van der Waals surface area contributed by atoms with Gasteiger partial charge in [-0.15, -0.1) is 0 Å². The molecular formula is C27H18O8. The highest BCUT2D eigenvalue weighted by Crippen LogP contribution is 2.50. The number of benzene rings is 3. The summed E-state index contributed by atoms with van der Waals surface area (Å²) in [6.45, 7) is 1.13. The fourth-order valence-corrected chi connectivity index (χ4v) is 4.82. The molecule has 4 aliphatic heterocycles. The van der Waals surface area contributed by atoms with E-state index in [2.05, 4.69) is 0 Å². The lowest BCUT2D eigenvalue weighted by Crippen LogP contribution is -2.21. The minimum absolute atomic E-state index is 0.113. The molecule has 1 unspecified atom stereocenters. The van der Waals surface area contributed by atoms with Gasteiger partial charge in [0.25, 0.3) is 0 Å². The second-order valence-electron chi connectivity index (χ2n) is 8.54. The van der Waals surface area contributed by atoms with Crippen LogP contribution in [0, 0.1) is 0 Å². The predicted octanol–water partition coefficient (Wildman–Crippen LogP) is 4.24. The number of ketones is 1. The van der Waals surface area contributed by atoms with Crippen LogP contribution in [-0.4, -0.2) is 31.8 Å². The van der Waals surface area contributed by atoms with Crippen LogP contribution in [-0.2, 0) is 4.79 Å². The Morgan fingerprint density at radius 2 is 1.49 bits per heavy atom. The Bertz CT molecular complexity index is 1450. The van der Waals surface area contributed by atoms with Gasteiger partial charge in [-0.2, -0.15) is 0 Å². The predicted molar refractivity (Wildman–Crippen MR) is 121 cm³/mol. The summed E-state index contributed by atoms with van der Waals surface area (Å²) in [5.41, 5.74) is 2.69. The van der Waals surface area contributed by atoms with Gasteiger partial charge in [-0.1, -0.05) is 12.1 Å². The third kappa shape index (κ3) is 3.21. The molecule has 0 N–H and O–H groups in total. The quantitative estimate of drug-likeness (QED) is 0.312. The lowest BCUT2D eigenvalue weighted by Gasteiger charge is -2.26. The highest BCUT2D eigenvalue weighted by Gasteiger charge is 2.39. The number of hydrogen-bond acceptors (Lipinski definition) is 8. The van der Waals surface area contributed by atoms with E-state index < -0.39 is 0 Å². The summed E-state index contributed by atoms with van der Waals surface area (Å²) in [4.78, 5) is 25.7. The smallest absolute Gasteiger partial charge is 0.312 e. The summed E-state index contributed by atoms with van der Waals surface area (Å²) in [6, 6.07) is 14.3. The molecule has 0 saturated carbocycles. The standard InChI is InChI=1S/C27H18O8/c28-24-12-17(15-2-5-19-22(11-15)33-13-32-19)25-20(34-24)6-3-16-26(29)23(35-27(16)25)10-14-1-4-18-21(9-14)31-8-7-30-18/h1-6,9-11,17H,7-8,12-13H2. The second kappa shape index (κ2) is 7.53. The van der Waals surface area contributed by atoms with Crippen molar-refractivity contribution in [2.75, 3.05) is 20.0 Å².